The van der Waals surface area contributed by atoms with Gasteiger partial charge < -0.3 is 10.5 Å². The number of para-hydroxylation sites is 1. The summed E-state index contributed by atoms with van der Waals surface area (Å²) >= 11 is 5.68. The van der Waals surface area contributed by atoms with Gasteiger partial charge in [0.15, 0.2) is 0 Å². The molecule has 5 heteroatoms. The molecule has 0 bridgehead atoms. The number of aromatic nitrogens is 1. The Hall–Kier alpha value is -2.07. The van der Waals surface area contributed by atoms with Gasteiger partial charge in [-0.1, -0.05) is 29.8 Å². The van der Waals surface area contributed by atoms with Crippen LogP contribution in [0.4, 0.5) is 0 Å². The van der Waals surface area contributed by atoms with Crippen molar-refractivity contribution in [3.63, 3.8) is 0 Å². The summed E-state index contributed by atoms with van der Waals surface area (Å²) in [6, 6.07) is 10.3. The van der Waals surface area contributed by atoms with Gasteiger partial charge in [-0.3, -0.25) is 4.79 Å². The summed E-state index contributed by atoms with van der Waals surface area (Å²) < 4.78 is 5.54. The highest BCUT2D eigenvalue weighted by Crippen LogP contribution is 2.18. The molecule has 0 saturated carbocycles. The molecule has 0 aliphatic rings. The Kier molecular flexibility index (Phi) is 3.79. The summed E-state index contributed by atoms with van der Waals surface area (Å²) in [5, 5.41) is 0.427. The number of ether oxygens (including phenoxy) is 1. The molecular weight excluding hydrogens is 252 g/mol. The minimum atomic E-state index is -0.514. The third-order valence-electron chi connectivity index (χ3n) is 2.34. The van der Waals surface area contributed by atoms with Gasteiger partial charge in [-0.05, 0) is 18.2 Å². The minimum Gasteiger partial charge on any atom is -0.488 e. The fourth-order valence-corrected chi connectivity index (χ4v) is 1.56. The quantitative estimate of drug-likeness (QED) is 0.861. The predicted molar refractivity (Wildman–Crippen MR) is 68.5 cm³/mol. The van der Waals surface area contributed by atoms with Gasteiger partial charge in [0.25, 0.3) is 5.91 Å². The van der Waals surface area contributed by atoms with Crippen molar-refractivity contribution in [1.29, 1.82) is 0 Å². The van der Waals surface area contributed by atoms with Crippen molar-refractivity contribution in [3.05, 3.63) is 58.9 Å². The van der Waals surface area contributed by atoms with Crippen molar-refractivity contribution in [1.82, 2.24) is 4.98 Å². The molecule has 0 fully saturated rings. The molecule has 0 aliphatic carbocycles. The Bertz CT molecular complexity index is 555. The molecule has 0 aliphatic heterocycles. The molecule has 1 heterocycles. The summed E-state index contributed by atoms with van der Waals surface area (Å²) in [7, 11) is 0. The molecule has 92 valence electrons. The molecule has 1 aromatic carbocycles. The molecule has 2 N–H and O–H groups in total. The van der Waals surface area contributed by atoms with Gasteiger partial charge in [-0.25, -0.2) is 4.98 Å². The van der Waals surface area contributed by atoms with Crippen molar-refractivity contribution in [2.75, 3.05) is 0 Å². The predicted octanol–water partition coefficient (Wildman–Crippen LogP) is 2.41. The Morgan fingerprint density at radius 2 is 2.06 bits per heavy atom. The number of nitrogens with zero attached hydrogens (tertiary/aromatic N) is 1. The first-order chi connectivity index (χ1) is 8.66. The van der Waals surface area contributed by atoms with E-state index < -0.39 is 5.91 Å². The van der Waals surface area contributed by atoms with Crippen LogP contribution >= 0.6 is 11.6 Å². The fraction of sp³-hybridized carbons (Fsp3) is 0.0769. The monoisotopic (exact) mass is 262 g/mol. The van der Waals surface area contributed by atoms with Crippen LogP contribution in [-0.4, -0.2) is 10.9 Å². The molecule has 4 nitrogen and oxygen atoms in total. The zero-order chi connectivity index (χ0) is 13.0. The average molecular weight is 263 g/mol. The number of nitrogens with two attached hydrogens (primary N) is 1. The number of primary amides is 1. The normalized spacial score (nSPS) is 10.1. The SMILES string of the molecule is NC(=O)c1ccccc1OCc1ccc(Cl)nc1. The van der Waals surface area contributed by atoms with E-state index in [1.165, 1.54) is 0 Å². The van der Waals surface area contributed by atoms with E-state index in [1.54, 1.807) is 36.5 Å². The van der Waals surface area contributed by atoms with E-state index in [1.807, 2.05) is 6.07 Å². The zero-order valence-electron chi connectivity index (χ0n) is 9.47. The number of pyridine rings is 1. The molecular formula is C13H11ClN2O2. The summed E-state index contributed by atoms with van der Waals surface area (Å²) in [6.45, 7) is 0.300. The van der Waals surface area contributed by atoms with Crippen molar-refractivity contribution in [3.8, 4) is 5.75 Å². The van der Waals surface area contributed by atoms with Gasteiger partial charge in [0, 0.05) is 11.8 Å². The molecule has 0 spiro atoms. The van der Waals surface area contributed by atoms with Crippen molar-refractivity contribution >= 4 is 17.5 Å². The Labute approximate surface area is 109 Å². The van der Waals surface area contributed by atoms with E-state index >= 15 is 0 Å². The molecule has 0 atom stereocenters. The number of rotatable bonds is 4. The van der Waals surface area contributed by atoms with Crippen LogP contribution in [-0.2, 0) is 6.61 Å². The van der Waals surface area contributed by atoms with Gasteiger partial charge in [0.05, 0.1) is 5.56 Å². The first-order valence-electron chi connectivity index (χ1n) is 5.29. The van der Waals surface area contributed by atoms with Crippen LogP contribution in [0.5, 0.6) is 5.75 Å². The van der Waals surface area contributed by atoms with Crippen LogP contribution in [0.3, 0.4) is 0 Å². The second-order valence-corrected chi connectivity index (χ2v) is 4.03. The molecule has 0 radical (unpaired) electrons. The lowest BCUT2D eigenvalue weighted by molar-refractivity contribution is 0.0996. The molecule has 18 heavy (non-hydrogen) atoms. The van der Waals surface area contributed by atoms with Gasteiger partial charge in [-0.15, -0.1) is 0 Å². The number of carbonyl (C=O) groups excluding carboxylic acids is 1. The highest BCUT2D eigenvalue weighted by atomic mass is 35.5. The first-order valence-corrected chi connectivity index (χ1v) is 5.66. The fourth-order valence-electron chi connectivity index (χ4n) is 1.45. The smallest absolute Gasteiger partial charge is 0.252 e. The highest BCUT2D eigenvalue weighted by molar-refractivity contribution is 6.29. The van der Waals surface area contributed by atoms with E-state index in [-0.39, 0.29) is 0 Å². The molecule has 2 aromatic rings. The maximum Gasteiger partial charge on any atom is 0.252 e. The molecule has 2 rings (SSSR count). The minimum absolute atomic E-state index is 0.300. The van der Waals surface area contributed by atoms with Crippen LogP contribution in [0.2, 0.25) is 5.15 Å². The van der Waals surface area contributed by atoms with Crippen LogP contribution < -0.4 is 10.5 Å². The van der Waals surface area contributed by atoms with Crippen molar-refractivity contribution < 1.29 is 9.53 Å². The van der Waals surface area contributed by atoms with Gasteiger partial charge >= 0.3 is 0 Å². The summed E-state index contributed by atoms with van der Waals surface area (Å²) in [4.78, 5) is 15.1. The summed E-state index contributed by atoms with van der Waals surface area (Å²) in [5.41, 5.74) is 6.48. The number of hydrogen-bond donors (Lipinski definition) is 1. The molecule has 1 aromatic heterocycles. The largest absolute Gasteiger partial charge is 0.488 e. The number of benzene rings is 1. The number of amides is 1. The van der Waals surface area contributed by atoms with Gasteiger partial charge in [0.2, 0.25) is 0 Å². The third-order valence-corrected chi connectivity index (χ3v) is 2.56. The van der Waals surface area contributed by atoms with Gasteiger partial charge in [0.1, 0.15) is 17.5 Å². The van der Waals surface area contributed by atoms with Crippen LogP contribution in [0.1, 0.15) is 15.9 Å². The first kappa shape index (κ1) is 12.4. The Balaban J connectivity index is 2.10. The highest BCUT2D eigenvalue weighted by Gasteiger charge is 2.08. The van der Waals surface area contributed by atoms with Crippen LogP contribution in [0.25, 0.3) is 0 Å². The maximum atomic E-state index is 11.2. The van der Waals surface area contributed by atoms with E-state index in [9.17, 15) is 4.79 Å². The molecule has 0 saturated heterocycles. The Morgan fingerprint density at radius 3 is 2.72 bits per heavy atom. The summed E-state index contributed by atoms with van der Waals surface area (Å²) in [5.74, 6) is -0.0558. The van der Waals surface area contributed by atoms with E-state index in [2.05, 4.69) is 4.98 Å². The third kappa shape index (κ3) is 2.99. The average Bonchev–Trinajstić information content (AvgIpc) is 2.38. The van der Waals surface area contributed by atoms with Crippen molar-refractivity contribution in [2.24, 2.45) is 5.73 Å². The molecule has 0 unspecified atom stereocenters. The number of halogens is 1. The lowest BCUT2D eigenvalue weighted by Gasteiger charge is -2.09. The van der Waals surface area contributed by atoms with Crippen LogP contribution in [0.15, 0.2) is 42.6 Å². The van der Waals surface area contributed by atoms with E-state index in [0.717, 1.165) is 5.56 Å². The number of carbonyl (C=O) groups is 1. The second-order valence-electron chi connectivity index (χ2n) is 3.64. The number of hydrogen-bond acceptors (Lipinski definition) is 3. The van der Waals surface area contributed by atoms with Gasteiger partial charge in [-0.2, -0.15) is 0 Å². The zero-order valence-corrected chi connectivity index (χ0v) is 10.2. The van der Waals surface area contributed by atoms with E-state index in [4.69, 9.17) is 22.1 Å². The van der Waals surface area contributed by atoms with Crippen molar-refractivity contribution in [2.45, 2.75) is 6.61 Å². The van der Waals surface area contributed by atoms with E-state index in [0.29, 0.717) is 23.1 Å². The van der Waals surface area contributed by atoms with Crippen LogP contribution in [0, 0.1) is 0 Å². The summed E-state index contributed by atoms with van der Waals surface area (Å²) in [6.07, 6.45) is 1.62. The topological polar surface area (TPSA) is 65.2 Å². The lowest BCUT2D eigenvalue weighted by atomic mass is 10.2. The second kappa shape index (κ2) is 5.51. The lowest BCUT2D eigenvalue weighted by Crippen LogP contribution is -2.12. The molecule has 1 amide bonds. The standard InChI is InChI=1S/C13H11ClN2O2/c14-12-6-5-9(7-16-12)8-18-11-4-2-1-3-10(11)13(15)17/h1-7H,8H2,(H2,15,17). The maximum absolute atomic E-state index is 11.2. The Morgan fingerprint density at radius 1 is 1.28 bits per heavy atom.